The van der Waals surface area contributed by atoms with Gasteiger partial charge in [-0.05, 0) is 18.8 Å². The smallest absolute Gasteiger partial charge is 0.0135 e. The maximum absolute atomic E-state index is 2.45. The molecule has 1 aliphatic rings. The van der Waals surface area contributed by atoms with Crippen molar-refractivity contribution in [1.82, 2.24) is 10.0 Å². The molecule has 0 aromatic rings. The van der Waals surface area contributed by atoms with E-state index in [0.717, 1.165) is 5.92 Å². The highest BCUT2D eigenvalue weighted by atomic mass is 15.6. The molecule has 2 nitrogen and oxygen atoms in total. The monoisotopic (exact) mass is 184 g/mol. The second-order valence-electron chi connectivity index (χ2n) is 4.39. The zero-order valence-corrected chi connectivity index (χ0v) is 9.42. The van der Waals surface area contributed by atoms with E-state index in [2.05, 4.69) is 31.0 Å². The number of unbranched alkanes of at least 4 members (excludes halogenated alkanes) is 1. The molecule has 78 valence electrons. The number of nitrogens with zero attached hydrogens (tertiary/aromatic N) is 2. The van der Waals surface area contributed by atoms with Gasteiger partial charge in [-0.1, -0.05) is 26.2 Å². The van der Waals surface area contributed by atoms with Crippen molar-refractivity contribution in [2.45, 2.75) is 39.0 Å². The Hall–Kier alpha value is -0.0800. The van der Waals surface area contributed by atoms with Crippen LogP contribution >= 0.6 is 0 Å². The molecule has 0 spiro atoms. The van der Waals surface area contributed by atoms with Gasteiger partial charge in [0.15, 0.2) is 0 Å². The number of piperidine rings is 1. The topological polar surface area (TPSA) is 6.48 Å². The van der Waals surface area contributed by atoms with E-state index in [-0.39, 0.29) is 0 Å². The molecule has 0 aromatic heterocycles. The van der Waals surface area contributed by atoms with Crippen LogP contribution in [0.15, 0.2) is 0 Å². The summed E-state index contributed by atoms with van der Waals surface area (Å²) in [5.41, 5.74) is 0. The quantitative estimate of drug-likeness (QED) is 0.662. The third-order valence-corrected chi connectivity index (χ3v) is 3.12. The van der Waals surface area contributed by atoms with Crippen LogP contribution < -0.4 is 0 Å². The molecule has 1 saturated heterocycles. The van der Waals surface area contributed by atoms with Crippen LogP contribution in [-0.2, 0) is 0 Å². The van der Waals surface area contributed by atoms with Crippen LogP contribution in [0.3, 0.4) is 0 Å². The maximum atomic E-state index is 2.45. The Morgan fingerprint density at radius 1 is 1.23 bits per heavy atom. The van der Waals surface area contributed by atoms with E-state index in [9.17, 15) is 0 Å². The van der Waals surface area contributed by atoms with Crippen LogP contribution in [0.25, 0.3) is 0 Å². The lowest BCUT2D eigenvalue weighted by Gasteiger charge is -2.35. The first kappa shape index (κ1) is 11.0. The molecular formula is C11H24N2. The third-order valence-electron chi connectivity index (χ3n) is 3.12. The molecule has 0 N–H and O–H groups in total. The molecule has 0 unspecified atom stereocenters. The Balaban J connectivity index is 2.15. The largest absolute Gasteiger partial charge is 0.248 e. The molecule has 1 rings (SSSR count). The first-order valence-electron chi connectivity index (χ1n) is 5.66. The van der Waals surface area contributed by atoms with Gasteiger partial charge in [0.05, 0.1) is 0 Å². The summed E-state index contributed by atoms with van der Waals surface area (Å²) in [4.78, 5) is 0. The molecule has 13 heavy (non-hydrogen) atoms. The van der Waals surface area contributed by atoms with E-state index in [0.29, 0.717) is 0 Å². The van der Waals surface area contributed by atoms with Crippen molar-refractivity contribution in [3.05, 3.63) is 0 Å². The summed E-state index contributed by atoms with van der Waals surface area (Å²) in [6.07, 6.45) is 7.04. The number of hydrazine groups is 1. The van der Waals surface area contributed by atoms with E-state index in [1.54, 1.807) is 0 Å². The third kappa shape index (κ3) is 3.65. The minimum Gasteiger partial charge on any atom is -0.248 e. The van der Waals surface area contributed by atoms with Crippen molar-refractivity contribution in [3.63, 3.8) is 0 Å². The highest BCUT2D eigenvalue weighted by Crippen LogP contribution is 2.22. The molecule has 0 atom stereocenters. The van der Waals surface area contributed by atoms with Gasteiger partial charge in [-0.25, -0.2) is 10.0 Å². The zero-order chi connectivity index (χ0) is 9.68. The van der Waals surface area contributed by atoms with Gasteiger partial charge in [0.2, 0.25) is 0 Å². The van der Waals surface area contributed by atoms with Gasteiger partial charge in [-0.3, -0.25) is 0 Å². The SMILES string of the molecule is CCCCC1CCN(N(C)C)CC1. The molecule has 0 aromatic carbocycles. The standard InChI is InChI=1S/C11H24N2/c1-4-5-6-11-7-9-13(10-8-11)12(2)3/h11H,4-10H2,1-3H3. The van der Waals surface area contributed by atoms with Gasteiger partial charge in [0.1, 0.15) is 0 Å². The molecule has 0 bridgehead atoms. The Bertz CT molecular complexity index is 126. The molecule has 1 aliphatic heterocycles. The van der Waals surface area contributed by atoms with Crippen molar-refractivity contribution in [3.8, 4) is 0 Å². The average Bonchev–Trinajstić information content (AvgIpc) is 2.15. The van der Waals surface area contributed by atoms with Crippen LogP contribution in [0.5, 0.6) is 0 Å². The second kappa shape index (κ2) is 5.61. The maximum Gasteiger partial charge on any atom is 0.0135 e. The Morgan fingerprint density at radius 3 is 2.31 bits per heavy atom. The average molecular weight is 184 g/mol. The highest BCUT2D eigenvalue weighted by molar-refractivity contribution is 4.69. The van der Waals surface area contributed by atoms with E-state index >= 15 is 0 Å². The minimum atomic E-state index is 1.01. The molecule has 0 amide bonds. The number of hydrogen-bond acceptors (Lipinski definition) is 2. The van der Waals surface area contributed by atoms with Crippen molar-refractivity contribution < 1.29 is 0 Å². The first-order valence-corrected chi connectivity index (χ1v) is 5.66. The van der Waals surface area contributed by atoms with E-state index in [1.165, 1.54) is 45.2 Å². The normalized spacial score (nSPS) is 21.2. The summed E-state index contributed by atoms with van der Waals surface area (Å²) < 4.78 is 0. The molecule has 0 saturated carbocycles. The number of hydrogen-bond donors (Lipinski definition) is 0. The summed E-state index contributed by atoms with van der Waals surface area (Å²) >= 11 is 0. The fourth-order valence-electron chi connectivity index (χ4n) is 2.10. The fourth-order valence-corrected chi connectivity index (χ4v) is 2.10. The van der Waals surface area contributed by atoms with Crippen molar-refractivity contribution >= 4 is 0 Å². The molecule has 1 heterocycles. The van der Waals surface area contributed by atoms with Crippen LogP contribution in [0.1, 0.15) is 39.0 Å². The molecule has 0 radical (unpaired) electrons. The fraction of sp³-hybridized carbons (Fsp3) is 1.00. The Morgan fingerprint density at radius 2 is 1.85 bits per heavy atom. The Kier molecular flexibility index (Phi) is 4.74. The lowest BCUT2D eigenvalue weighted by molar-refractivity contribution is -0.00761. The van der Waals surface area contributed by atoms with Gasteiger partial charge in [0.25, 0.3) is 0 Å². The molecule has 2 heteroatoms. The molecule has 1 fully saturated rings. The van der Waals surface area contributed by atoms with Gasteiger partial charge in [0, 0.05) is 27.2 Å². The van der Waals surface area contributed by atoms with E-state index in [1.807, 2.05) is 0 Å². The second-order valence-corrected chi connectivity index (χ2v) is 4.39. The lowest BCUT2D eigenvalue weighted by atomic mass is 9.92. The highest BCUT2D eigenvalue weighted by Gasteiger charge is 2.19. The molecular weight excluding hydrogens is 160 g/mol. The van der Waals surface area contributed by atoms with Gasteiger partial charge < -0.3 is 0 Å². The summed E-state index contributed by atoms with van der Waals surface area (Å²) in [5.74, 6) is 1.01. The molecule has 0 aliphatic carbocycles. The van der Waals surface area contributed by atoms with Crippen molar-refractivity contribution in [1.29, 1.82) is 0 Å². The summed E-state index contributed by atoms with van der Waals surface area (Å²) in [6, 6.07) is 0. The van der Waals surface area contributed by atoms with Gasteiger partial charge in [-0.15, -0.1) is 0 Å². The van der Waals surface area contributed by atoms with Crippen LogP contribution in [0.4, 0.5) is 0 Å². The van der Waals surface area contributed by atoms with Crippen molar-refractivity contribution in [2.75, 3.05) is 27.2 Å². The predicted molar refractivity (Wildman–Crippen MR) is 57.5 cm³/mol. The van der Waals surface area contributed by atoms with Crippen molar-refractivity contribution in [2.24, 2.45) is 5.92 Å². The zero-order valence-electron chi connectivity index (χ0n) is 9.42. The minimum absolute atomic E-state index is 1.01. The first-order chi connectivity index (χ1) is 6.24. The summed E-state index contributed by atoms with van der Waals surface area (Å²) in [6.45, 7) is 4.82. The number of rotatable bonds is 4. The van der Waals surface area contributed by atoms with Crippen LogP contribution in [-0.4, -0.2) is 37.2 Å². The van der Waals surface area contributed by atoms with E-state index in [4.69, 9.17) is 0 Å². The summed E-state index contributed by atoms with van der Waals surface area (Å²) in [7, 11) is 4.29. The Labute approximate surface area is 82.9 Å². The van der Waals surface area contributed by atoms with E-state index < -0.39 is 0 Å². The van der Waals surface area contributed by atoms with Crippen LogP contribution in [0.2, 0.25) is 0 Å². The van der Waals surface area contributed by atoms with Gasteiger partial charge >= 0.3 is 0 Å². The summed E-state index contributed by atoms with van der Waals surface area (Å²) in [5, 5.41) is 4.68. The van der Waals surface area contributed by atoms with Crippen LogP contribution in [0, 0.1) is 5.92 Å². The predicted octanol–water partition coefficient (Wildman–Crippen LogP) is 2.37. The van der Waals surface area contributed by atoms with Gasteiger partial charge in [-0.2, -0.15) is 0 Å². The lowest BCUT2D eigenvalue weighted by Crippen LogP contribution is -2.42.